The summed E-state index contributed by atoms with van der Waals surface area (Å²) in [7, 11) is 0. The van der Waals surface area contributed by atoms with E-state index in [9.17, 15) is 25.1 Å². The number of hydrogen-bond acceptors (Lipinski definition) is 6. The lowest BCUT2D eigenvalue weighted by atomic mass is 9.80. The number of nitrogens with one attached hydrogen (secondary N) is 3. The van der Waals surface area contributed by atoms with Crippen LogP contribution in [0.2, 0.25) is 0 Å². The van der Waals surface area contributed by atoms with E-state index in [2.05, 4.69) is 56.2 Å². The van der Waals surface area contributed by atoms with Gasteiger partial charge >= 0.3 is 11.9 Å². The molecule has 0 saturated carbocycles. The zero-order chi connectivity index (χ0) is 30.1. The van der Waals surface area contributed by atoms with Gasteiger partial charge in [0.05, 0.1) is 17.1 Å². The molecule has 10 nitrogen and oxygen atoms in total. The third kappa shape index (κ3) is 7.56. The van der Waals surface area contributed by atoms with Crippen LogP contribution in [0.3, 0.4) is 0 Å². The van der Waals surface area contributed by atoms with Crippen molar-refractivity contribution in [1.29, 1.82) is 5.26 Å². The standard InChI is InChI=1S/C32H38N6O4/c1-21-27(30(39)40)29(28(31(41)42)22(2)36-21)25-11-8-12-26(19-25)37-32(35-20-33)34-15-6-7-16-38-17-13-24(14-18-38)23-9-4-3-5-10-23/h3-5,8-12,19,24,29,36H,6-7,13-18H2,1-2H3,(H,39,40)(H,41,42)(H2,34,35,37). The molecule has 2 aromatic carbocycles. The van der Waals surface area contributed by atoms with Gasteiger partial charge in [0.15, 0.2) is 6.19 Å². The summed E-state index contributed by atoms with van der Waals surface area (Å²) in [5.41, 5.74) is 3.22. The van der Waals surface area contributed by atoms with Gasteiger partial charge in [-0.15, -0.1) is 0 Å². The molecule has 0 radical (unpaired) electrons. The molecule has 220 valence electrons. The van der Waals surface area contributed by atoms with E-state index in [-0.39, 0.29) is 17.1 Å². The molecule has 2 aromatic rings. The van der Waals surface area contributed by atoms with Crippen LogP contribution < -0.4 is 16.0 Å². The molecule has 0 aliphatic carbocycles. The Balaban J connectivity index is 1.35. The highest BCUT2D eigenvalue weighted by molar-refractivity contribution is 5.99. The molecular weight excluding hydrogens is 532 g/mol. The summed E-state index contributed by atoms with van der Waals surface area (Å²) in [4.78, 5) is 31.3. The van der Waals surface area contributed by atoms with Gasteiger partial charge in [0.25, 0.3) is 0 Å². The number of anilines is 1. The Morgan fingerprint density at radius 1 is 0.976 bits per heavy atom. The lowest BCUT2D eigenvalue weighted by Gasteiger charge is -2.32. The smallest absolute Gasteiger partial charge is 0.334 e. The highest BCUT2D eigenvalue weighted by Gasteiger charge is 2.36. The number of piperidine rings is 1. The van der Waals surface area contributed by atoms with E-state index in [4.69, 9.17) is 0 Å². The van der Waals surface area contributed by atoms with E-state index < -0.39 is 17.9 Å². The van der Waals surface area contributed by atoms with E-state index >= 15 is 0 Å². The second-order valence-corrected chi connectivity index (χ2v) is 10.7. The van der Waals surface area contributed by atoms with Crippen molar-refractivity contribution in [3.63, 3.8) is 0 Å². The molecule has 1 fully saturated rings. The van der Waals surface area contributed by atoms with Crippen molar-refractivity contribution in [1.82, 2.24) is 15.5 Å². The lowest BCUT2D eigenvalue weighted by molar-refractivity contribution is -0.133. The molecule has 0 aromatic heterocycles. The second-order valence-electron chi connectivity index (χ2n) is 10.7. The number of carbonyl (C=O) groups is 2. The number of carboxylic acid groups (broad SMARTS) is 2. The third-order valence-electron chi connectivity index (χ3n) is 7.89. The van der Waals surface area contributed by atoms with Gasteiger partial charge in [0.1, 0.15) is 0 Å². The first-order valence-electron chi connectivity index (χ1n) is 14.3. The van der Waals surface area contributed by atoms with Gasteiger partial charge in [-0.2, -0.15) is 5.26 Å². The van der Waals surface area contributed by atoms with E-state index in [1.807, 2.05) is 6.19 Å². The Kier molecular flexibility index (Phi) is 10.3. The summed E-state index contributed by atoms with van der Waals surface area (Å²) < 4.78 is 0. The first-order valence-corrected chi connectivity index (χ1v) is 14.3. The Bertz CT molecular complexity index is 1380. The van der Waals surface area contributed by atoms with E-state index in [0.717, 1.165) is 32.5 Å². The van der Waals surface area contributed by atoms with Gasteiger partial charge in [-0.05, 0) is 88.3 Å². The number of guanidine groups is 1. The second kappa shape index (κ2) is 14.3. The molecule has 1 saturated heterocycles. The van der Waals surface area contributed by atoms with Crippen molar-refractivity contribution < 1.29 is 19.8 Å². The average molecular weight is 571 g/mol. The molecule has 0 unspecified atom stereocenters. The Labute approximate surface area is 246 Å². The van der Waals surface area contributed by atoms with Crippen LogP contribution in [0.4, 0.5) is 5.69 Å². The van der Waals surface area contributed by atoms with E-state index in [0.29, 0.717) is 35.1 Å². The van der Waals surface area contributed by atoms with E-state index in [1.54, 1.807) is 38.1 Å². The summed E-state index contributed by atoms with van der Waals surface area (Å²) in [6.07, 6.45) is 6.11. The fourth-order valence-corrected chi connectivity index (χ4v) is 5.84. The SMILES string of the molecule is CC1=C(C(=O)O)C(c2cccc(NC(=NCCCCN3CCC(c4ccccc4)CC3)NC#N)c2)C(C(=O)O)=C(C)N1. The van der Waals surface area contributed by atoms with Crippen molar-refractivity contribution in [2.24, 2.45) is 4.99 Å². The minimum absolute atomic E-state index is 0.0246. The first kappa shape index (κ1) is 30.3. The number of allylic oxidation sites excluding steroid dienone is 2. The van der Waals surface area contributed by atoms with Crippen LogP contribution in [0.25, 0.3) is 0 Å². The van der Waals surface area contributed by atoms with Crippen LogP contribution in [0.15, 0.2) is 82.1 Å². The topological polar surface area (TPSA) is 150 Å². The van der Waals surface area contributed by atoms with Gasteiger partial charge < -0.3 is 25.7 Å². The molecule has 2 aliphatic heterocycles. The molecule has 0 bridgehead atoms. The van der Waals surface area contributed by atoms with Crippen molar-refractivity contribution in [3.8, 4) is 6.19 Å². The molecule has 42 heavy (non-hydrogen) atoms. The number of aliphatic imine (C=N–C) groups is 1. The molecular formula is C32H38N6O4. The Morgan fingerprint density at radius 3 is 2.24 bits per heavy atom. The number of dihydropyridines is 1. The number of benzene rings is 2. The fraction of sp³-hybridized carbons (Fsp3) is 0.375. The lowest BCUT2D eigenvalue weighted by Crippen LogP contribution is -2.33. The quantitative estimate of drug-likeness (QED) is 0.0909. The number of likely N-dealkylation sites (tertiary alicyclic amines) is 1. The fourth-order valence-electron chi connectivity index (χ4n) is 5.84. The largest absolute Gasteiger partial charge is 0.478 e. The maximum absolute atomic E-state index is 12.1. The number of rotatable bonds is 10. The van der Waals surface area contributed by atoms with Crippen molar-refractivity contribution >= 4 is 23.6 Å². The summed E-state index contributed by atoms with van der Waals surface area (Å²) in [6, 6.07) is 17.6. The van der Waals surface area contributed by atoms with Gasteiger partial charge in [0.2, 0.25) is 5.96 Å². The normalized spacial score (nSPS) is 17.0. The maximum atomic E-state index is 12.1. The number of carboxylic acids is 2. The predicted octanol–water partition coefficient (Wildman–Crippen LogP) is 4.59. The van der Waals surface area contributed by atoms with Gasteiger partial charge in [-0.1, -0.05) is 42.5 Å². The molecule has 10 heteroatoms. The van der Waals surface area contributed by atoms with Crippen LogP contribution in [0.1, 0.15) is 62.5 Å². The zero-order valence-corrected chi connectivity index (χ0v) is 24.1. The summed E-state index contributed by atoms with van der Waals surface area (Å²) in [6.45, 7) is 6.97. The monoisotopic (exact) mass is 570 g/mol. The minimum Gasteiger partial charge on any atom is -0.478 e. The first-order chi connectivity index (χ1) is 20.3. The molecule has 0 atom stereocenters. The van der Waals surface area contributed by atoms with Gasteiger partial charge in [-0.25, -0.2) is 9.59 Å². The van der Waals surface area contributed by atoms with Gasteiger partial charge in [0, 0.05) is 23.6 Å². The molecule has 0 amide bonds. The molecule has 2 heterocycles. The van der Waals surface area contributed by atoms with Crippen LogP contribution in [-0.4, -0.2) is 59.2 Å². The summed E-state index contributed by atoms with van der Waals surface area (Å²) in [5.74, 6) is -2.44. The van der Waals surface area contributed by atoms with Crippen LogP contribution in [-0.2, 0) is 9.59 Å². The Hall–Kier alpha value is -4.62. The third-order valence-corrected chi connectivity index (χ3v) is 7.89. The molecule has 2 aliphatic rings. The zero-order valence-electron chi connectivity index (χ0n) is 24.1. The number of aliphatic carboxylic acids is 2. The highest BCUT2D eigenvalue weighted by Crippen LogP contribution is 2.39. The predicted molar refractivity (Wildman–Crippen MR) is 162 cm³/mol. The average Bonchev–Trinajstić information content (AvgIpc) is 2.97. The number of nitriles is 1. The molecule has 0 spiro atoms. The maximum Gasteiger partial charge on any atom is 0.334 e. The van der Waals surface area contributed by atoms with E-state index in [1.165, 1.54) is 18.4 Å². The van der Waals surface area contributed by atoms with Crippen molar-refractivity contribution in [3.05, 3.63) is 88.3 Å². The van der Waals surface area contributed by atoms with Crippen molar-refractivity contribution in [2.75, 3.05) is 31.5 Å². The summed E-state index contributed by atoms with van der Waals surface area (Å²) >= 11 is 0. The number of hydrogen-bond donors (Lipinski definition) is 5. The highest BCUT2D eigenvalue weighted by atomic mass is 16.4. The number of nitrogens with zero attached hydrogens (tertiary/aromatic N) is 3. The number of unbranched alkanes of at least 4 members (excludes halogenated alkanes) is 1. The van der Waals surface area contributed by atoms with Crippen molar-refractivity contribution in [2.45, 2.75) is 51.4 Å². The Morgan fingerprint density at radius 2 is 1.62 bits per heavy atom. The van der Waals surface area contributed by atoms with Crippen LogP contribution in [0, 0.1) is 11.5 Å². The van der Waals surface area contributed by atoms with Crippen LogP contribution >= 0.6 is 0 Å². The minimum atomic E-state index is -1.19. The van der Waals surface area contributed by atoms with Crippen LogP contribution in [0.5, 0.6) is 0 Å². The molecule has 5 N–H and O–H groups in total. The molecule has 4 rings (SSSR count). The summed E-state index contributed by atoms with van der Waals surface area (Å²) in [5, 5.41) is 37.6. The van der Waals surface area contributed by atoms with Gasteiger partial charge in [-0.3, -0.25) is 10.3 Å².